The first-order valence-electron chi connectivity index (χ1n) is 16.0. The number of hydrogen-bond donors (Lipinski definition) is 2. The average Bonchev–Trinajstić information content (AvgIpc) is 3.66. The molecule has 6 nitrogen and oxygen atoms in total. The number of fused-ring (bicyclic) bond motifs is 1. The first-order chi connectivity index (χ1) is 22.7. The van der Waals surface area contributed by atoms with Crippen LogP contribution in [0.2, 0.25) is 0 Å². The zero-order valence-electron chi connectivity index (χ0n) is 27.8. The predicted molar refractivity (Wildman–Crippen MR) is 194 cm³/mol. The maximum Gasteiger partial charge on any atom is 0.159 e. The van der Waals surface area contributed by atoms with Gasteiger partial charge in [-0.2, -0.15) is 5.10 Å². The normalized spacial score (nSPS) is 13.2. The van der Waals surface area contributed by atoms with Crippen molar-refractivity contribution in [2.75, 3.05) is 20.6 Å². The van der Waals surface area contributed by atoms with Gasteiger partial charge in [0.25, 0.3) is 0 Å². The van der Waals surface area contributed by atoms with Gasteiger partial charge in [-0.1, -0.05) is 67.8 Å². The highest BCUT2D eigenvalue weighted by Gasteiger charge is 2.15. The van der Waals surface area contributed by atoms with E-state index >= 15 is 0 Å². The molecule has 2 aromatic carbocycles. The Morgan fingerprint density at radius 2 is 1.83 bits per heavy atom. The molecule has 0 saturated carbocycles. The fourth-order valence-corrected chi connectivity index (χ4v) is 5.60. The van der Waals surface area contributed by atoms with E-state index in [1.165, 1.54) is 17.2 Å². The summed E-state index contributed by atoms with van der Waals surface area (Å²) in [6, 6.07) is 17.5. The lowest BCUT2D eigenvalue weighted by molar-refractivity contribution is 0.400. The van der Waals surface area contributed by atoms with E-state index in [4.69, 9.17) is 4.98 Å². The topological polar surface area (TPSA) is 73.5 Å². The molecule has 240 valence electrons. The Labute approximate surface area is 276 Å². The number of benzene rings is 2. The molecule has 0 aliphatic carbocycles. The minimum absolute atomic E-state index is 0.280. The van der Waals surface area contributed by atoms with Crippen molar-refractivity contribution in [1.82, 2.24) is 30.0 Å². The molecule has 5 aromatic rings. The first-order valence-corrected chi connectivity index (χ1v) is 16.0. The molecule has 47 heavy (non-hydrogen) atoms. The number of aromatic nitrogens is 5. The molecule has 0 amide bonds. The van der Waals surface area contributed by atoms with E-state index in [1.807, 2.05) is 51.4 Å². The van der Waals surface area contributed by atoms with Gasteiger partial charge >= 0.3 is 0 Å². The monoisotopic (exact) mass is 626 g/mol. The van der Waals surface area contributed by atoms with Crippen LogP contribution >= 0.6 is 0 Å². The molecule has 7 heteroatoms. The van der Waals surface area contributed by atoms with Crippen LogP contribution in [0.25, 0.3) is 46.5 Å². The van der Waals surface area contributed by atoms with Gasteiger partial charge in [0.05, 0.1) is 16.6 Å². The number of aryl methyl sites for hydroxylation is 2. The van der Waals surface area contributed by atoms with Crippen LogP contribution in [0.3, 0.4) is 0 Å². The second-order valence-corrected chi connectivity index (χ2v) is 12.0. The van der Waals surface area contributed by atoms with Crippen molar-refractivity contribution in [3.63, 3.8) is 0 Å². The van der Waals surface area contributed by atoms with Crippen molar-refractivity contribution >= 4 is 23.7 Å². The Morgan fingerprint density at radius 3 is 2.57 bits per heavy atom. The second kappa shape index (κ2) is 15.4. The summed E-state index contributed by atoms with van der Waals surface area (Å²) in [4.78, 5) is 15.0. The van der Waals surface area contributed by atoms with Gasteiger partial charge in [0.2, 0.25) is 0 Å². The van der Waals surface area contributed by atoms with Crippen LogP contribution in [0, 0.1) is 5.82 Å². The molecule has 0 bridgehead atoms. The van der Waals surface area contributed by atoms with Gasteiger partial charge in [0, 0.05) is 17.0 Å². The van der Waals surface area contributed by atoms with Gasteiger partial charge in [-0.3, -0.25) is 10.1 Å². The lowest BCUT2D eigenvalue weighted by Gasteiger charge is -2.10. The summed E-state index contributed by atoms with van der Waals surface area (Å²) in [5, 5.41) is 9.18. The van der Waals surface area contributed by atoms with Gasteiger partial charge in [0.15, 0.2) is 5.82 Å². The van der Waals surface area contributed by atoms with Crippen molar-refractivity contribution < 1.29 is 4.39 Å². The van der Waals surface area contributed by atoms with Gasteiger partial charge in [-0.15, -0.1) is 0 Å². The van der Waals surface area contributed by atoms with Crippen LogP contribution in [-0.4, -0.2) is 50.7 Å². The Morgan fingerprint density at radius 1 is 1.02 bits per heavy atom. The van der Waals surface area contributed by atoms with Gasteiger partial charge in [-0.05, 0) is 118 Å². The van der Waals surface area contributed by atoms with Gasteiger partial charge in [0.1, 0.15) is 17.0 Å². The summed E-state index contributed by atoms with van der Waals surface area (Å²) in [7, 11) is 4.08. The fourth-order valence-electron chi connectivity index (χ4n) is 5.60. The predicted octanol–water partition coefficient (Wildman–Crippen LogP) is 7.48. The third-order valence-electron chi connectivity index (χ3n) is 8.24. The van der Waals surface area contributed by atoms with Crippen molar-refractivity contribution in [3.05, 3.63) is 136 Å². The average molecular weight is 627 g/mol. The number of nitrogens with zero attached hydrogens (tertiary/aromatic N) is 4. The highest BCUT2D eigenvalue weighted by molar-refractivity contribution is 5.91. The van der Waals surface area contributed by atoms with Gasteiger partial charge in [-0.25, -0.2) is 9.37 Å². The lowest BCUT2D eigenvalue weighted by atomic mass is 9.99. The molecule has 0 aliphatic heterocycles. The van der Waals surface area contributed by atoms with E-state index in [0.717, 1.165) is 65.0 Å². The minimum atomic E-state index is -0.280. The van der Waals surface area contributed by atoms with Crippen LogP contribution in [0.15, 0.2) is 108 Å². The Bertz CT molecular complexity index is 2060. The number of pyridine rings is 1. The molecule has 0 atom stereocenters. The SMILES string of the molecule is C=C\C(=C/C(=C\C)C(/C)=C/C=c1/[nH]nc(-c2nc3c(-c4cc(F)cc(CCCN(C)C)c4)nccc3[nH]2)c1=C)CCc1ccccc1. The van der Waals surface area contributed by atoms with E-state index in [9.17, 15) is 4.39 Å². The number of aromatic amines is 2. The lowest BCUT2D eigenvalue weighted by Crippen LogP contribution is -2.21. The number of H-pyrrole nitrogens is 2. The first kappa shape index (κ1) is 33.2. The van der Waals surface area contributed by atoms with Crippen molar-refractivity contribution in [2.24, 2.45) is 0 Å². The number of nitrogens with one attached hydrogen (secondary N) is 2. The molecular weight excluding hydrogens is 583 g/mol. The van der Waals surface area contributed by atoms with E-state index in [1.54, 1.807) is 12.3 Å². The molecule has 0 fully saturated rings. The minimum Gasteiger partial charge on any atom is -0.336 e. The molecule has 0 unspecified atom stereocenters. The maximum absolute atomic E-state index is 14.7. The van der Waals surface area contributed by atoms with Crippen molar-refractivity contribution in [1.29, 1.82) is 0 Å². The number of hydrogen-bond acceptors (Lipinski definition) is 4. The fraction of sp³-hybridized carbons (Fsp3) is 0.225. The van der Waals surface area contributed by atoms with E-state index < -0.39 is 0 Å². The third kappa shape index (κ3) is 8.37. The van der Waals surface area contributed by atoms with E-state index in [-0.39, 0.29) is 5.82 Å². The third-order valence-corrected chi connectivity index (χ3v) is 8.24. The Balaban J connectivity index is 1.39. The zero-order valence-corrected chi connectivity index (χ0v) is 27.8. The summed E-state index contributed by atoms with van der Waals surface area (Å²) >= 11 is 0. The standard InChI is InChI=1S/C40H43FN6/c1-7-29(17-18-30-13-10-9-11-14-30)23-32(8-2)27(3)16-19-35-28(4)37(46-45-35)40-43-36-20-21-42-38(39(36)44-40)33-24-31(25-34(41)26-33)15-12-22-47(5)6/h7-11,13-14,16,19-21,23-26,45H,1,4,12,15,17-18,22H2,2-3,5-6H3,(H,43,44)/b27-16+,29-23+,32-8+,35-19+. The summed E-state index contributed by atoms with van der Waals surface area (Å²) in [6.07, 6.45) is 15.6. The van der Waals surface area contributed by atoms with Gasteiger partial charge < -0.3 is 9.88 Å². The van der Waals surface area contributed by atoms with Crippen LogP contribution in [0.4, 0.5) is 4.39 Å². The Hall–Kier alpha value is -5.14. The molecule has 0 saturated heterocycles. The maximum atomic E-state index is 14.7. The quantitative estimate of drug-likeness (QED) is 0.133. The van der Waals surface area contributed by atoms with Crippen molar-refractivity contribution in [3.8, 4) is 22.8 Å². The van der Waals surface area contributed by atoms with Crippen LogP contribution < -0.4 is 10.6 Å². The molecule has 0 spiro atoms. The molecule has 3 heterocycles. The molecule has 0 aliphatic rings. The number of allylic oxidation sites excluding steroid dienone is 7. The smallest absolute Gasteiger partial charge is 0.159 e. The summed E-state index contributed by atoms with van der Waals surface area (Å²) in [5.41, 5.74) is 9.08. The number of imidazole rings is 1. The largest absolute Gasteiger partial charge is 0.336 e. The van der Waals surface area contributed by atoms with Crippen LogP contribution in [-0.2, 0) is 12.8 Å². The summed E-state index contributed by atoms with van der Waals surface area (Å²) in [6.45, 7) is 13.4. The highest BCUT2D eigenvalue weighted by Crippen LogP contribution is 2.28. The second-order valence-electron chi connectivity index (χ2n) is 12.0. The van der Waals surface area contributed by atoms with Crippen LogP contribution in [0.1, 0.15) is 37.8 Å². The Kier molecular flexibility index (Phi) is 10.9. The number of halogens is 1. The van der Waals surface area contributed by atoms with Crippen molar-refractivity contribution in [2.45, 2.75) is 39.5 Å². The molecule has 3 aromatic heterocycles. The van der Waals surface area contributed by atoms with E-state index in [0.29, 0.717) is 28.3 Å². The molecule has 5 rings (SSSR count). The summed E-state index contributed by atoms with van der Waals surface area (Å²) < 4.78 is 14.7. The molecule has 2 N–H and O–H groups in total. The zero-order chi connectivity index (χ0) is 33.3. The molecular formula is C40H43FN6. The van der Waals surface area contributed by atoms with E-state index in [2.05, 4.69) is 87.6 Å². The number of rotatable bonds is 13. The highest BCUT2D eigenvalue weighted by atomic mass is 19.1. The molecule has 0 radical (unpaired) electrons. The summed E-state index contributed by atoms with van der Waals surface area (Å²) in [5.74, 6) is 0.293. The van der Waals surface area contributed by atoms with Crippen LogP contribution in [0.5, 0.6) is 0 Å².